The molecule has 0 aromatic carbocycles. The predicted molar refractivity (Wildman–Crippen MR) is 80.9 cm³/mol. The lowest BCUT2D eigenvalue weighted by molar-refractivity contribution is 0.162. The van der Waals surface area contributed by atoms with Crippen molar-refractivity contribution in [3.05, 3.63) is 30.0 Å². The van der Waals surface area contributed by atoms with Crippen molar-refractivity contribution in [1.82, 2.24) is 19.7 Å². The maximum Gasteiger partial charge on any atom is 0.221 e. The molecule has 0 aliphatic carbocycles. The predicted octanol–water partition coefficient (Wildman–Crippen LogP) is 2.04. The van der Waals surface area contributed by atoms with E-state index in [2.05, 4.69) is 20.3 Å². The molecular formula is C15H23N5O. The molecule has 114 valence electrons. The fourth-order valence-corrected chi connectivity index (χ4v) is 2.99. The Hall–Kier alpha value is -1.82. The minimum absolute atomic E-state index is 0.644. The largest absolute Gasteiger partial charge is 0.468 e. The van der Waals surface area contributed by atoms with Crippen molar-refractivity contribution < 1.29 is 4.42 Å². The van der Waals surface area contributed by atoms with E-state index in [4.69, 9.17) is 4.42 Å². The number of furan rings is 1. The van der Waals surface area contributed by atoms with Gasteiger partial charge in [0.1, 0.15) is 11.6 Å². The number of likely N-dealkylation sites (tertiary alicyclic amines) is 1. The molecule has 1 aliphatic heterocycles. The van der Waals surface area contributed by atoms with Crippen molar-refractivity contribution >= 4 is 5.95 Å². The molecule has 1 saturated heterocycles. The van der Waals surface area contributed by atoms with Crippen LogP contribution in [0.1, 0.15) is 24.4 Å². The van der Waals surface area contributed by atoms with Crippen LogP contribution in [0, 0.1) is 12.8 Å². The Bertz CT molecular complexity index is 563. The standard InChI is InChI=1S/C15H23N5O/c1-12-17-15(19(2)18-12)16-9-13-5-3-7-20(10-13)11-14-6-4-8-21-14/h4,6,8,13H,3,5,7,9-11H2,1-2H3,(H,16,17,18). The van der Waals surface area contributed by atoms with Gasteiger partial charge in [0, 0.05) is 20.1 Å². The van der Waals surface area contributed by atoms with Gasteiger partial charge >= 0.3 is 0 Å². The Morgan fingerprint density at radius 1 is 1.48 bits per heavy atom. The molecule has 0 saturated carbocycles. The molecule has 1 fully saturated rings. The summed E-state index contributed by atoms with van der Waals surface area (Å²) in [5.74, 6) is 3.36. The highest BCUT2D eigenvalue weighted by Crippen LogP contribution is 2.19. The smallest absolute Gasteiger partial charge is 0.221 e. The van der Waals surface area contributed by atoms with Gasteiger partial charge in [0.15, 0.2) is 0 Å². The van der Waals surface area contributed by atoms with Gasteiger partial charge in [0.2, 0.25) is 5.95 Å². The summed E-state index contributed by atoms with van der Waals surface area (Å²) in [6.45, 7) is 6.02. The Labute approximate surface area is 125 Å². The zero-order chi connectivity index (χ0) is 14.7. The van der Waals surface area contributed by atoms with Gasteiger partial charge in [-0.1, -0.05) is 0 Å². The van der Waals surface area contributed by atoms with E-state index in [0.29, 0.717) is 5.92 Å². The molecule has 0 radical (unpaired) electrons. The molecule has 3 rings (SSSR count). The molecule has 2 aromatic rings. The van der Waals surface area contributed by atoms with Crippen molar-refractivity contribution in [3.8, 4) is 0 Å². The van der Waals surface area contributed by atoms with Gasteiger partial charge in [-0.2, -0.15) is 10.1 Å². The molecule has 21 heavy (non-hydrogen) atoms. The van der Waals surface area contributed by atoms with Gasteiger partial charge < -0.3 is 9.73 Å². The first-order chi connectivity index (χ1) is 10.2. The number of hydrogen-bond donors (Lipinski definition) is 1. The number of hydrogen-bond acceptors (Lipinski definition) is 5. The minimum Gasteiger partial charge on any atom is -0.468 e. The van der Waals surface area contributed by atoms with Crippen LogP contribution < -0.4 is 5.32 Å². The van der Waals surface area contributed by atoms with Crippen LogP contribution in [-0.2, 0) is 13.6 Å². The second-order valence-corrected chi connectivity index (χ2v) is 5.81. The van der Waals surface area contributed by atoms with Crippen LogP contribution >= 0.6 is 0 Å². The van der Waals surface area contributed by atoms with E-state index in [1.165, 1.54) is 12.8 Å². The van der Waals surface area contributed by atoms with Gasteiger partial charge in [0.05, 0.1) is 12.8 Å². The Balaban J connectivity index is 1.50. The quantitative estimate of drug-likeness (QED) is 0.913. The summed E-state index contributed by atoms with van der Waals surface area (Å²) in [7, 11) is 1.92. The summed E-state index contributed by atoms with van der Waals surface area (Å²) in [4.78, 5) is 6.86. The summed E-state index contributed by atoms with van der Waals surface area (Å²) in [5.41, 5.74) is 0. The molecular weight excluding hydrogens is 266 g/mol. The van der Waals surface area contributed by atoms with Gasteiger partial charge in [-0.15, -0.1) is 0 Å². The van der Waals surface area contributed by atoms with Crippen molar-refractivity contribution in [1.29, 1.82) is 0 Å². The molecule has 1 N–H and O–H groups in total. The normalized spacial score (nSPS) is 19.8. The number of rotatable bonds is 5. The van der Waals surface area contributed by atoms with Gasteiger partial charge in [-0.3, -0.25) is 4.90 Å². The number of piperidine rings is 1. The van der Waals surface area contributed by atoms with Gasteiger partial charge in [0.25, 0.3) is 0 Å². The number of aryl methyl sites for hydroxylation is 2. The van der Waals surface area contributed by atoms with E-state index in [1.54, 1.807) is 10.9 Å². The van der Waals surface area contributed by atoms with Crippen LogP contribution in [0.5, 0.6) is 0 Å². The molecule has 1 atom stereocenters. The summed E-state index contributed by atoms with van der Waals surface area (Å²) in [6.07, 6.45) is 4.25. The fourth-order valence-electron chi connectivity index (χ4n) is 2.99. The molecule has 3 heterocycles. The van der Waals surface area contributed by atoms with Crippen LogP contribution in [-0.4, -0.2) is 39.3 Å². The zero-order valence-electron chi connectivity index (χ0n) is 12.7. The van der Waals surface area contributed by atoms with Crippen LogP contribution in [0.2, 0.25) is 0 Å². The summed E-state index contributed by atoms with van der Waals surface area (Å²) in [6, 6.07) is 4.00. The number of nitrogens with one attached hydrogen (secondary N) is 1. The summed E-state index contributed by atoms with van der Waals surface area (Å²) < 4.78 is 7.24. The van der Waals surface area contributed by atoms with E-state index in [9.17, 15) is 0 Å². The molecule has 0 amide bonds. The second-order valence-electron chi connectivity index (χ2n) is 5.81. The SMILES string of the molecule is Cc1nc(NCC2CCCN(Cc3ccco3)C2)n(C)n1. The summed E-state index contributed by atoms with van der Waals surface area (Å²) >= 11 is 0. The topological polar surface area (TPSA) is 59.1 Å². The zero-order valence-corrected chi connectivity index (χ0v) is 12.7. The van der Waals surface area contributed by atoms with Crippen molar-refractivity contribution in [2.75, 3.05) is 25.0 Å². The van der Waals surface area contributed by atoms with E-state index in [0.717, 1.165) is 43.7 Å². The van der Waals surface area contributed by atoms with E-state index in [1.807, 2.05) is 26.1 Å². The Morgan fingerprint density at radius 2 is 2.38 bits per heavy atom. The molecule has 6 heteroatoms. The van der Waals surface area contributed by atoms with Crippen molar-refractivity contribution in [2.45, 2.75) is 26.3 Å². The lowest BCUT2D eigenvalue weighted by Gasteiger charge is -2.32. The number of aromatic nitrogens is 3. The van der Waals surface area contributed by atoms with E-state index in [-0.39, 0.29) is 0 Å². The first-order valence-corrected chi connectivity index (χ1v) is 7.57. The Kier molecular flexibility index (Phi) is 4.24. The second kappa shape index (κ2) is 6.30. The molecule has 2 aromatic heterocycles. The molecule has 6 nitrogen and oxygen atoms in total. The highest BCUT2D eigenvalue weighted by molar-refractivity contribution is 5.24. The van der Waals surface area contributed by atoms with Crippen LogP contribution in [0.25, 0.3) is 0 Å². The van der Waals surface area contributed by atoms with E-state index >= 15 is 0 Å². The first kappa shape index (κ1) is 14.1. The lowest BCUT2D eigenvalue weighted by atomic mass is 9.98. The molecule has 0 bridgehead atoms. The average molecular weight is 289 g/mol. The monoisotopic (exact) mass is 289 g/mol. The number of nitrogens with zero attached hydrogens (tertiary/aromatic N) is 4. The van der Waals surface area contributed by atoms with Crippen LogP contribution in [0.15, 0.2) is 22.8 Å². The molecule has 1 unspecified atom stereocenters. The third kappa shape index (κ3) is 3.64. The maximum atomic E-state index is 5.44. The van der Waals surface area contributed by atoms with Gasteiger partial charge in [-0.25, -0.2) is 4.68 Å². The summed E-state index contributed by atoms with van der Waals surface area (Å²) in [5, 5.41) is 7.68. The van der Waals surface area contributed by atoms with Crippen molar-refractivity contribution in [2.24, 2.45) is 13.0 Å². The molecule has 0 spiro atoms. The average Bonchev–Trinajstić information content (AvgIpc) is 3.07. The lowest BCUT2D eigenvalue weighted by Crippen LogP contribution is -2.37. The first-order valence-electron chi connectivity index (χ1n) is 7.57. The maximum absolute atomic E-state index is 5.44. The number of anilines is 1. The van der Waals surface area contributed by atoms with Crippen LogP contribution in [0.4, 0.5) is 5.95 Å². The van der Waals surface area contributed by atoms with E-state index < -0.39 is 0 Å². The van der Waals surface area contributed by atoms with Crippen molar-refractivity contribution in [3.63, 3.8) is 0 Å². The highest BCUT2D eigenvalue weighted by atomic mass is 16.3. The molecule has 1 aliphatic rings. The van der Waals surface area contributed by atoms with Gasteiger partial charge in [-0.05, 0) is 44.4 Å². The minimum atomic E-state index is 0.644. The fraction of sp³-hybridized carbons (Fsp3) is 0.600. The highest BCUT2D eigenvalue weighted by Gasteiger charge is 2.21. The Morgan fingerprint density at radius 3 is 3.10 bits per heavy atom. The van der Waals surface area contributed by atoms with Crippen LogP contribution in [0.3, 0.4) is 0 Å². The third-order valence-corrected chi connectivity index (χ3v) is 3.98. The third-order valence-electron chi connectivity index (χ3n) is 3.98.